The van der Waals surface area contributed by atoms with Gasteiger partial charge in [-0.1, -0.05) is 83.5 Å². The first-order valence-corrected chi connectivity index (χ1v) is 10.9. The van der Waals surface area contributed by atoms with E-state index in [0.29, 0.717) is 17.9 Å². The van der Waals surface area contributed by atoms with Gasteiger partial charge in [-0.15, -0.1) is 0 Å². The molecule has 0 aliphatic heterocycles. The van der Waals surface area contributed by atoms with Gasteiger partial charge < -0.3 is 5.11 Å². The summed E-state index contributed by atoms with van der Waals surface area (Å²) in [4.78, 5) is 13.4. The van der Waals surface area contributed by atoms with E-state index in [1.807, 2.05) is 36.4 Å². The predicted octanol–water partition coefficient (Wildman–Crippen LogP) is 6.87. The molecule has 26 heavy (non-hydrogen) atoms. The number of halogens is 2. The summed E-state index contributed by atoms with van der Waals surface area (Å²) in [6, 6.07) is 11.6. The maximum absolute atomic E-state index is 13.4. The summed E-state index contributed by atoms with van der Waals surface area (Å²) in [6.45, 7) is 4.32. The van der Waals surface area contributed by atoms with Crippen LogP contribution in [0.25, 0.3) is 11.1 Å². The average molecular weight is 480 g/mol. The minimum atomic E-state index is -1.47. The molecule has 0 aromatic heterocycles. The van der Waals surface area contributed by atoms with Crippen molar-refractivity contribution in [1.29, 1.82) is 0 Å². The highest BCUT2D eigenvalue weighted by Crippen LogP contribution is 2.47. The Kier molecular flexibility index (Phi) is 6.05. The first-order chi connectivity index (χ1) is 12.4. The number of unbranched alkanes of at least 4 members (excludes halogenated alkanes) is 1. The van der Waals surface area contributed by atoms with Crippen molar-refractivity contribution in [2.75, 3.05) is 0 Å². The van der Waals surface area contributed by atoms with E-state index in [1.165, 1.54) is 0 Å². The summed E-state index contributed by atoms with van der Waals surface area (Å²) in [5.74, 6) is 0.138. The van der Waals surface area contributed by atoms with Crippen molar-refractivity contribution in [3.8, 4) is 11.1 Å². The molecule has 1 aliphatic rings. The Balaban J connectivity index is 2.13. The summed E-state index contributed by atoms with van der Waals surface area (Å²) < 4.78 is 1.73. The van der Waals surface area contributed by atoms with Crippen LogP contribution in [0.4, 0.5) is 0 Å². The third kappa shape index (κ3) is 3.56. The van der Waals surface area contributed by atoms with Crippen LogP contribution in [0.1, 0.15) is 61.9 Å². The molecule has 0 spiro atoms. The van der Waals surface area contributed by atoms with E-state index in [0.717, 1.165) is 51.3 Å². The van der Waals surface area contributed by atoms with Gasteiger partial charge in [0.1, 0.15) is 0 Å². The first-order valence-electron chi connectivity index (χ1n) is 9.27. The van der Waals surface area contributed by atoms with Crippen LogP contribution < -0.4 is 0 Å². The Morgan fingerprint density at radius 2 is 1.65 bits per heavy atom. The van der Waals surface area contributed by atoms with Crippen molar-refractivity contribution >= 4 is 37.6 Å². The van der Waals surface area contributed by atoms with Crippen LogP contribution in [0.15, 0.2) is 45.3 Å². The maximum Gasteiger partial charge on any atom is 0.199 e. The van der Waals surface area contributed by atoms with Crippen LogP contribution in [0.2, 0.25) is 0 Å². The summed E-state index contributed by atoms with van der Waals surface area (Å²) in [6.07, 6.45) is 4.72. The molecule has 3 rings (SSSR count). The van der Waals surface area contributed by atoms with Gasteiger partial charge in [0.2, 0.25) is 0 Å². The average Bonchev–Trinajstić information content (AvgIpc) is 2.63. The van der Waals surface area contributed by atoms with Crippen LogP contribution in [0.5, 0.6) is 0 Å². The topological polar surface area (TPSA) is 37.3 Å². The Morgan fingerprint density at radius 1 is 1.00 bits per heavy atom. The molecular weight excluding hydrogens is 456 g/mol. The van der Waals surface area contributed by atoms with Crippen LogP contribution in [-0.4, -0.2) is 10.9 Å². The number of hydrogen-bond acceptors (Lipinski definition) is 2. The van der Waals surface area contributed by atoms with Crippen molar-refractivity contribution < 1.29 is 9.90 Å². The molecule has 4 heteroatoms. The quantitative estimate of drug-likeness (QED) is 0.490. The summed E-state index contributed by atoms with van der Waals surface area (Å²) in [5.41, 5.74) is 1.69. The second-order valence-corrected chi connectivity index (χ2v) is 9.02. The van der Waals surface area contributed by atoms with Gasteiger partial charge in [-0.05, 0) is 47.7 Å². The number of Topliss-reactive ketones (excluding diaryl/α,β-unsaturated/α-hetero) is 1. The number of carbonyl (C=O) groups is 1. The molecule has 2 nitrogen and oxygen atoms in total. The van der Waals surface area contributed by atoms with Crippen LogP contribution in [0, 0.1) is 5.92 Å². The molecule has 1 N–H and O–H groups in total. The van der Waals surface area contributed by atoms with Gasteiger partial charge in [0.25, 0.3) is 0 Å². The maximum atomic E-state index is 13.4. The molecule has 1 unspecified atom stereocenters. The van der Waals surface area contributed by atoms with Crippen LogP contribution in [-0.2, 0) is 5.60 Å². The Bertz CT molecular complexity index is 831. The van der Waals surface area contributed by atoms with Crippen molar-refractivity contribution in [3.05, 3.63) is 56.5 Å². The molecule has 1 aliphatic carbocycles. The predicted molar refractivity (Wildman–Crippen MR) is 113 cm³/mol. The van der Waals surface area contributed by atoms with Gasteiger partial charge in [-0.3, -0.25) is 4.79 Å². The van der Waals surface area contributed by atoms with E-state index >= 15 is 0 Å². The number of carbonyl (C=O) groups excluding carboxylic acids is 1. The molecule has 0 amide bonds. The lowest BCUT2D eigenvalue weighted by molar-refractivity contribution is 0.0139. The number of fused-ring (bicyclic) bond motifs is 3. The lowest BCUT2D eigenvalue weighted by Crippen LogP contribution is -2.41. The van der Waals surface area contributed by atoms with E-state index in [4.69, 9.17) is 0 Å². The number of benzene rings is 2. The number of rotatable bonds is 6. The van der Waals surface area contributed by atoms with Crippen molar-refractivity contribution in [3.63, 3.8) is 0 Å². The van der Waals surface area contributed by atoms with Crippen molar-refractivity contribution in [1.82, 2.24) is 0 Å². The molecule has 0 fully saturated rings. The minimum absolute atomic E-state index is 0.186. The van der Waals surface area contributed by atoms with Crippen molar-refractivity contribution in [2.45, 2.75) is 51.6 Å². The number of hydrogen-bond donors (Lipinski definition) is 1. The standard InChI is InChI=1S/C22H24Br2O2/c1-3-5-6-14(4-2)13-22(26)20-12-16(24)8-10-18(20)17-9-7-15(23)11-19(17)21(22)25/h7-12,14,26H,3-6,13H2,1-2H3/t14?,22-/m0/s1. The molecule has 0 heterocycles. The van der Waals surface area contributed by atoms with E-state index < -0.39 is 5.60 Å². The summed E-state index contributed by atoms with van der Waals surface area (Å²) in [5, 5.41) is 11.7. The molecule has 0 saturated heterocycles. The summed E-state index contributed by atoms with van der Waals surface area (Å²) >= 11 is 6.97. The monoisotopic (exact) mass is 478 g/mol. The summed E-state index contributed by atoms with van der Waals surface area (Å²) in [7, 11) is 0. The molecule has 2 atom stereocenters. The Labute approximate surface area is 172 Å². The normalized spacial score (nSPS) is 19.8. The molecule has 0 bridgehead atoms. The lowest BCUT2D eigenvalue weighted by atomic mass is 9.70. The second-order valence-electron chi connectivity index (χ2n) is 7.19. The Morgan fingerprint density at radius 3 is 2.31 bits per heavy atom. The van der Waals surface area contributed by atoms with E-state index in [2.05, 4.69) is 45.7 Å². The second kappa shape index (κ2) is 7.95. The van der Waals surface area contributed by atoms with Gasteiger partial charge in [-0.2, -0.15) is 0 Å². The largest absolute Gasteiger partial charge is 0.377 e. The van der Waals surface area contributed by atoms with Gasteiger partial charge in [0.15, 0.2) is 11.4 Å². The first kappa shape index (κ1) is 19.8. The van der Waals surface area contributed by atoms with Crippen LogP contribution in [0.3, 0.4) is 0 Å². The number of aliphatic hydroxyl groups is 1. The third-order valence-corrected chi connectivity index (χ3v) is 6.43. The SMILES string of the molecule is CCCCC(CC)C[C@@]1(O)C(=O)c2cc(Br)ccc2-c2ccc(Br)cc21. The molecule has 0 radical (unpaired) electrons. The van der Waals surface area contributed by atoms with Gasteiger partial charge in [0, 0.05) is 20.1 Å². The molecular formula is C22H24Br2O2. The van der Waals surface area contributed by atoms with Gasteiger partial charge >= 0.3 is 0 Å². The molecule has 2 aromatic rings. The zero-order chi connectivity index (χ0) is 18.9. The van der Waals surface area contributed by atoms with Crippen LogP contribution >= 0.6 is 31.9 Å². The highest BCUT2D eigenvalue weighted by molar-refractivity contribution is 9.10. The zero-order valence-electron chi connectivity index (χ0n) is 15.2. The highest BCUT2D eigenvalue weighted by Gasteiger charge is 2.45. The lowest BCUT2D eigenvalue weighted by Gasteiger charge is -2.37. The fourth-order valence-corrected chi connectivity index (χ4v) is 4.66. The fraction of sp³-hybridized carbons (Fsp3) is 0.409. The molecule has 2 aromatic carbocycles. The fourth-order valence-electron chi connectivity index (χ4n) is 3.94. The van der Waals surface area contributed by atoms with Crippen molar-refractivity contribution in [2.24, 2.45) is 5.92 Å². The highest BCUT2D eigenvalue weighted by atomic mass is 79.9. The number of ketones is 1. The smallest absolute Gasteiger partial charge is 0.199 e. The third-order valence-electron chi connectivity index (χ3n) is 5.45. The van der Waals surface area contributed by atoms with Gasteiger partial charge in [0.05, 0.1) is 0 Å². The Hall–Kier alpha value is -0.970. The molecule has 0 saturated carbocycles. The van der Waals surface area contributed by atoms with E-state index in [9.17, 15) is 9.90 Å². The zero-order valence-corrected chi connectivity index (χ0v) is 18.4. The van der Waals surface area contributed by atoms with E-state index in [-0.39, 0.29) is 5.78 Å². The van der Waals surface area contributed by atoms with E-state index in [1.54, 1.807) is 0 Å². The minimum Gasteiger partial charge on any atom is -0.377 e. The molecule has 138 valence electrons. The van der Waals surface area contributed by atoms with Gasteiger partial charge in [-0.25, -0.2) is 0 Å².